The number of rotatable bonds is 4. The van der Waals surface area contributed by atoms with Crippen LogP contribution in [0.3, 0.4) is 0 Å². The molecule has 3 amide bonds. The Balaban J connectivity index is 1.52. The molecule has 5 rings (SSSR count). The monoisotopic (exact) mass is 499 g/mol. The first-order valence-electron chi connectivity index (χ1n) is 12.7. The van der Waals surface area contributed by atoms with Gasteiger partial charge in [0, 0.05) is 44.9 Å². The first kappa shape index (κ1) is 24.4. The van der Waals surface area contributed by atoms with E-state index in [1.807, 2.05) is 15.5 Å². The van der Waals surface area contributed by atoms with Crippen LogP contribution in [0.25, 0.3) is 11.2 Å². The number of carbonyl (C=O) groups excluding carboxylic acids is 3. The second-order valence-electron chi connectivity index (χ2n) is 9.63. The normalized spacial score (nSPS) is 17.9. The lowest BCUT2D eigenvalue weighted by molar-refractivity contribution is -0.130. The summed E-state index contributed by atoms with van der Waals surface area (Å²) in [7, 11) is 0. The molecule has 3 aromatic rings. The summed E-state index contributed by atoms with van der Waals surface area (Å²) in [5.41, 5.74) is 2.23. The number of aromatic nitrogens is 3. The first-order valence-corrected chi connectivity index (χ1v) is 12.7. The van der Waals surface area contributed by atoms with Gasteiger partial charge in [-0.3, -0.25) is 24.3 Å². The van der Waals surface area contributed by atoms with Gasteiger partial charge in [0.25, 0.3) is 11.8 Å². The lowest BCUT2D eigenvalue weighted by Gasteiger charge is -2.33. The number of hydrogen-bond donors (Lipinski definition) is 1. The van der Waals surface area contributed by atoms with E-state index < -0.39 is 5.91 Å². The van der Waals surface area contributed by atoms with E-state index in [0.717, 1.165) is 45.2 Å². The number of amides is 3. The van der Waals surface area contributed by atoms with Crippen LogP contribution in [0.4, 0.5) is 5.95 Å². The third-order valence-corrected chi connectivity index (χ3v) is 7.11. The van der Waals surface area contributed by atoms with E-state index in [1.54, 1.807) is 42.3 Å². The molecular weight excluding hydrogens is 470 g/mol. The van der Waals surface area contributed by atoms with E-state index in [9.17, 15) is 19.6 Å². The Kier molecular flexibility index (Phi) is 6.86. The zero-order valence-corrected chi connectivity index (χ0v) is 20.8. The topological polar surface area (TPSA) is 124 Å². The highest BCUT2D eigenvalue weighted by Crippen LogP contribution is 2.30. The number of benzene rings is 1. The molecule has 4 heterocycles. The van der Waals surface area contributed by atoms with Gasteiger partial charge < -0.3 is 9.80 Å². The van der Waals surface area contributed by atoms with Crippen LogP contribution in [0.2, 0.25) is 0 Å². The molecule has 0 bridgehead atoms. The molecule has 10 nitrogen and oxygen atoms in total. The molecule has 0 aliphatic carbocycles. The van der Waals surface area contributed by atoms with Crippen molar-refractivity contribution in [2.45, 2.75) is 45.1 Å². The quantitative estimate of drug-likeness (QED) is 0.587. The van der Waals surface area contributed by atoms with Gasteiger partial charge in [-0.1, -0.05) is 6.07 Å². The minimum Gasteiger partial charge on any atom is -0.341 e. The largest absolute Gasteiger partial charge is 0.341 e. The summed E-state index contributed by atoms with van der Waals surface area (Å²) in [5, 5.41) is 12.1. The Hall–Kier alpha value is -4.26. The predicted octanol–water partition coefficient (Wildman–Crippen LogP) is 3.36. The van der Waals surface area contributed by atoms with Crippen molar-refractivity contribution in [2.75, 3.05) is 31.5 Å². The molecule has 2 aromatic heterocycles. The van der Waals surface area contributed by atoms with Crippen molar-refractivity contribution >= 4 is 34.8 Å². The highest BCUT2D eigenvalue weighted by atomic mass is 16.2. The van der Waals surface area contributed by atoms with Gasteiger partial charge in [-0.25, -0.2) is 9.97 Å². The molecule has 0 spiro atoms. The number of fused-ring (bicyclic) bond motifs is 1. The van der Waals surface area contributed by atoms with E-state index >= 15 is 0 Å². The average molecular weight is 500 g/mol. The Morgan fingerprint density at radius 3 is 2.57 bits per heavy atom. The SMILES string of the molecule is CC(=O)N1CCC[C@H](n2c(NC(=O)c3cccc(C#N)c3)nc3cc(C(=O)N4CCCCC4)cnc32)C1. The molecule has 1 atom stereocenters. The van der Waals surface area contributed by atoms with Crippen molar-refractivity contribution < 1.29 is 14.4 Å². The molecular formula is C27H29N7O3. The fraction of sp³-hybridized carbons (Fsp3) is 0.407. The molecule has 10 heteroatoms. The minimum atomic E-state index is -0.405. The number of likely N-dealkylation sites (tertiary alicyclic amines) is 2. The maximum atomic E-state index is 13.1. The van der Waals surface area contributed by atoms with Gasteiger partial charge in [-0.2, -0.15) is 5.26 Å². The van der Waals surface area contributed by atoms with Gasteiger partial charge in [0.1, 0.15) is 5.52 Å². The van der Waals surface area contributed by atoms with Crippen molar-refractivity contribution in [3.63, 3.8) is 0 Å². The second-order valence-corrected chi connectivity index (χ2v) is 9.63. The highest BCUT2D eigenvalue weighted by molar-refractivity contribution is 6.04. The molecule has 190 valence electrons. The molecule has 37 heavy (non-hydrogen) atoms. The fourth-order valence-corrected chi connectivity index (χ4v) is 5.17. The van der Waals surface area contributed by atoms with E-state index in [0.29, 0.717) is 46.9 Å². The molecule has 2 saturated heterocycles. The van der Waals surface area contributed by atoms with Crippen LogP contribution in [-0.4, -0.2) is 68.2 Å². The van der Waals surface area contributed by atoms with Gasteiger partial charge >= 0.3 is 0 Å². The minimum absolute atomic E-state index is 0.00426. The average Bonchev–Trinajstić information content (AvgIpc) is 3.30. The van der Waals surface area contributed by atoms with Crippen LogP contribution in [-0.2, 0) is 4.79 Å². The van der Waals surface area contributed by atoms with Crippen molar-refractivity contribution in [3.05, 3.63) is 53.2 Å². The van der Waals surface area contributed by atoms with Crippen LogP contribution in [0.1, 0.15) is 71.3 Å². The van der Waals surface area contributed by atoms with Crippen molar-refractivity contribution in [1.82, 2.24) is 24.3 Å². The van der Waals surface area contributed by atoms with Crippen molar-refractivity contribution in [2.24, 2.45) is 0 Å². The van der Waals surface area contributed by atoms with Crippen LogP contribution >= 0.6 is 0 Å². The van der Waals surface area contributed by atoms with Crippen molar-refractivity contribution in [1.29, 1.82) is 5.26 Å². The number of imidazole rings is 1. The number of anilines is 1. The maximum absolute atomic E-state index is 13.1. The molecule has 0 saturated carbocycles. The number of nitrogens with zero attached hydrogens (tertiary/aromatic N) is 6. The summed E-state index contributed by atoms with van der Waals surface area (Å²) < 4.78 is 1.87. The number of nitrogens with one attached hydrogen (secondary N) is 1. The summed E-state index contributed by atoms with van der Waals surface area (Å²) in [6.45, 7) is 4.18. The first-order chi connectivity index (χ1) is 17.9. The molecule has 2 aliphatic heterocycles. The second kappa shape index (κ2) is 10.4. The Bertz CT molecular complexity index is 1400. The molecule has 2 aliphatic rings. The molecule has 1 N–H and O–H groups in total. The standard InChI is InChI=1S/C27H29N7O3/c1-18(35)33-12-6-9-22(17-33)34-24-23(14-21(16-29-24)26(37)32-10-3-2-4-11-32)30-27(34)31-25(36)20-8-5-7-19(13-20)15-28/h5,7-8,13-14,16,22H,2-4,6,9-12,17H2,1H3,(H,30,31,36)/t22-/m0/s1. The van der Waals surface area contributed by atoms with Crippen LogP contribution in [0.5, 0.6) is 0 Å². The van der Waals surface area contributed by atoms with E-state index in [1.165, 1.54) is 6.07 Å². The van der Waals surface area contributed by atoms with Crippen LogP contribution < -0.4 is 5.32 Å². The Morgan fingerprint density at radius 1 is 1.03 bits per heavy atom. The zero-order chi connectivity index (χ0) is 25.9. The number of carbonyl (C=O) groups is 3. The number of pyridine rings is 1. The lowest BCUT2D eigenvalue weighted by Crippen LogP contribution is -2.39. The van der Waals surface area contributed by atoms with Crippen molar-refractivity contribution in [3.8, 4) is 6.07 Å². The van der Waals surface area contributed by atoms with Crippen LogP contribution in [0, 0.1) is 11.3 Å². The number of hydrogen-bond acceptors (Lipinski definition) is 6. The summed E-state index contributed by atoms with van der Waals surface area (Å²) >= 11 is 0. The smallest absolute Gasteiger partial charge is 0.258 e. The maximum Gasteiger partial charge on any atom is 0.258 e. The lowest BCUT2D eigenvalue weighted by atomic mass is 10.1. The third kappa shape index (κ3) is 5.03. The summed E-state index contributed by atoms with van der Waals surface area (Å²) in [6, 6.07) is 10.1. The predicted molar refractivity (Wildman–Crippen MR) is 137 cm³/mol. The fourth-order valence-electron chi connectivity index (χ4n) is 5.17. The number of piperidine rings is 2. The summed E-state index contributed by atoms with van der Waals surface area (Å²) in [5.74, 6) is -0.177. The molecule has 2 fully saturated rings. The van der Waals surface area contributed by atoms with Gasteiger partial charge in [0.15, 0.2) is 5.65 Å². The van der Waals surface area contributed by atoms with Gasteiger partial charge in [0.2, 0.25) is 11.9 Å². The summed E-state index contributed by atoms with van der Waals surface area (Å²) in [4.78, 5) is 51.3. The highest BCUT2D eigenvalue weighted by Gasteiger charge is 2.29. The third-order valence-electron chi connectivity index (χ3n) is 7.11. The summed E-state index contributed by atoms with van der Waals surface area (Å²) in [6.07, 6.45) is 6.29. The Labute approximate surface area is 214 Å². The molecule has 0 unspecified atom stereocenters. The molecule has 1 aromatic carbocycles. The Morgan fingerprint density at radius 2 is 1.81 bits per heavy atom. The number of nitriles is 1. The molecule has 0 radical (unpaired) electrons. The van der Waals surface area contributed by atoms with E-state index in [4.69, 9.17) is 0 Å². The van der Waals surface area contributed by atoms with Gasteiger partial charge in [-0.05, 0) is 56.4 Å². The zero-order valence-electron chi connectivity index (χ0n) is 20.8. The van der Waals surface area contributed by atoms with Crippen LogP contribution in [0.15, 0.2) is 36.5 Å². The van der Waals surface area contributed by atoms with Gasteiger partial charge in [-0.15, -0.1) is 0 Å². The van der Waals surface area contributed by atoms with E-state index in [2.05, 4.69) is 15.3 Å². The van der Waals surface area contributed by atoms with E-state index in [-0.39, 0.29) is 17.9 Å². The van der Waals surface area contributed by atoms with Gasteiger partial charge in [0.05, 0.1) is 23.2 Å².